The average molecular weight is 379 g/mol. The molecule has 2 rings (SSSR count). The van der Waals surface area contributed by atoms with E-state index in [2.05, 4.69) is 5.32 Å². The highest BCUT2D eigenvalue weighted by Crippen LogP contribution is 2.33. The fraction of sp³-hybridized carbons (Fsp3) is 0.600. The van der Waals surface area contributed by atoms with Gasteiger partial charge >= 0.3 is 5.97 Å². The van der Waals surface area contributed by atoms with Gasteiger partial charge in [0.1, 0.15) is 0 Å². The number of rotatable bonds is 8. The van der Waals surface area contributed by atoms with Gasteiger partial charge in [-0.15, -0.1) is 0 Å². The molecule has 0 spiro atoms. The molecule has 27 heavy (non-hydrogen) atoms. The number of methoxy groups -OCH3 is 2. The van der Waals surface area contributed by atoms with E-state index >= 15 is 0 Å². The summed E-state index contributed by atoms with van der Waals surface area (Å²) in [6.07, 6.45) is 1.40. The molecule has 0 bridgehead atoms. The summed E-state index contributed by atoms with van der Waals surface area (Å²) < 4.78 is 15.9. The van der Waals surface area contributed by atoms with Gasteiger partial charge in [0.05, 0.1) is 25.6 Å². The smallest absolute Gasteiger partial charge is 0.308 e. The molecule has 0 aliphatic carbocycles. The van der Waals surface area contributed by atoms with Gasteiger partial charge in [-0.2, -0.15) is 0 Å². The molecule has 1 aliphatic heterocycles. The van der Waals surface area contributed by atoms with E-state index in [1.165, 1.54) is 0 Å². The highest BCUT2D eigenvalue weighted by Gasteiger charge is 2.34. The minimum absolute atomic E-state index is 0.0146. The summed E-state index contributed by atoms with van der Waals surface area (Å²) in [6.45, 7) is 4.84. The molecule has 1 aromatic rings. The second kappa shape index (κ2) is 9.08. The maximum atomic E-state index is 12.8. The van der Waals surface area contributed by atoms with Crippen molar-refractivity contribution in [2.45, 2.75) is 32.1 Å². The number of benzene rings is 1. The van der Waals surface area contributed by atoms with Crippen LogP contribution in [0.4, 0.5) is 0 Å². The van der Waals surface area contributed by atoms with Crippen molar-refractivity contribution in [3.05, 3.63) is 23.8 Å². The number of carboxylic acid groups (broad SMARTS) is 1. The van der Waals surface area contributed by atoms with Crippen molar-refractivity contribution in [1.82, 2.24) is 5.32 Å². The number of carbonyl (C=O) groups is 2. The van der Waals surface area contributed by atoms with Crippen LogP contribution < -0.4 is 14.8 Å². The SMILES string of the molecule is COc1ccc(C(C)(C)C(=O)NCC(C(=O)O)C2CCOCC2)cc1OC. The maximum Gasteiger partial charge on any atom is 0.308 e. The average Bonchev–Trinajstić information content (AvgIpc) is 2.67. The van der Waals surface area contributed by atoms with E-state index in [0.29, 0.717) is 37.6 Å². The van der Waals surface area contributed by atoms with Gasteiger partial charge in [0, 0.05) is 19.8 Å². The lowest BCUT2D eigenvalue weighted by Crippen LogP contribution is -2.45. The summed E-state index contributed by atoms with van der Waals surface area (Å²) in [7, 11) is 3.10. The standard InChI is InChI=1S/C20H29NO6/c1-20(2,14-5-6-16(25-3)17(11-14)26-4)19(24)21-12-15(18(22)23)13-7-9-27-10-8-13/h5-6,11,13,15H,7-10,12H2,1-4H3,(H,21,24)(H,22,23). The van der Waals surface area contributed by atoms with Gasteiger partial charge < -0.3 is 24.6 Å². The molecule has 1 fully saturated rings. The normalized spacial score (nSPS) is 16.4. The van der Waals surface area contributed by atoms with Crippen molar-refractivity contribution in [1.29, 1.82) is 0 Å². The van der Waals surface area contributed by atoms with Crippen LogP contribution in [0, 0.1) is 11.8 Å². The zero-order valence-corrected chi connectivity index (χ0v) is 16.4. The number of amides is 1. The summed E-state index contributed by atoms with van der Waals surface area (Å²) >= 11 is 0. The third-order valence-corrected chi connectivity index (χ3v) is 5.31. The number of carboxylic acids is 1. The summed E-state index contributed by atoms with van der Waals surface area (Å²) in [6, 6.07) is 5.34. The number of aliphatic carboxylic acids is 1. The Morgan fingerprint density at radius 1 is 1.22 bits per heavy atom. The quantitative estimate of drug-likeness (QED) is 0.719. The lowest BCUT2D eigenvalue weighted by molar-refractivity contribution is -0.145. The second-order valence-corrected chi connectivity index (χ2v) is 7.30. The number of hydrogen-bond acceptors (Lipinski definition) is 5. The Kier molecular flexibility index (Phi) is 7.07. The van der Waals surface area contributed by atoms with Crippen LogP contribution in [0.3, 0.4) is 0 Å². The van der Waals surface area contributed by atoms with Crippen molar-refractivity contribution < 1.29 is 28.9 Å². The van der Waals surface area contributed by atoms with Crippen LogP contribution in [-0.4, -0.2) is 51.0 Å². The predicted octanol–water partition coefficient (Wildman–Crippen LogP) is 2.22. The first-order valence-corrected chi connectivity index (χ1v) is 9.12. The van der Waals surface area contributed by atoms with Crippen LogP contribution in [0.25, 0.3) is 0 Å². The van der Waals surface area contributed by atoms with Gasteiger partial charge in [-0.3, -0.25) is 9.59 Å². The van der Waals surface area contributed by atoms with Crippen molar-refractivity contribution in [3.63, 3.8) is 0 Å². The van der Waals surface area contributed by atoms with Gasteiger partial charge in [0.2, 0.25) is 5.91 Å². The van der Waals surface area contributed by atoms with E-state index in [-0.39, 0.29) is 18.4 Å². The third kappa shape index (κ3) is 4.91. The first-order chi connectivity index (χ1) is 12.8. The monoisotopic (exact) mass is 379 g/mol. The molecule has 1 saturated heterocycles. The molecule has 0 aromatic heterocycles. The van der Waals surface area contributed by atoms with Gasteiger partial charge in [0.25, 0.3) is 0 Å². The zero-order valence-electron chi connectivity index (χ0n) is 16.4. The van der Waals surface area contributed by atoms with Crippen LogP contribution in [0.5, 0.6) is 11.5 Å². The topological polar surface area (TPSA) is 94.1 Å². The van der Waals surface area contributed by atoms with E-state index in [4.69, 9.17) is 14.2 Å². The van der Waals surface area contributed by atoms with Crippen molar-refractivity contribution >= 4 is 11.9 Å². The van der Waals surface area contributed by atoms with Crippen molar-refractivity contribution in [2.24, 2.45) is 11.8 Å². The fourth-order valence-corrected chi connectivity index (χ4v) is 3.35. The fourth-order valence-electron chi connectivity index (χ4n) is 3.35. The summed E-state index contributed by atoms with van der Waals surface area (Å²) in [5, 5.41) is 12.4. The number of nitrogens with one attached hydrogen (secondary N) is 1. The molecule has 0 radical (unpaired) electrons. The van der Waals surface area contributed by atoms with Crippen LogP contribution in [0.2, 0.25) is 0 Å². The van der Waals surface area contributed by atoms with Crippen LogP contribution in [0.1, 0.15) is 32.3 Å². The first-order valence-electron chi connectivity index (χ1n) is 9.12. The highest BCUT2D eigenvalue weighted by molar-refractivity contribution is 5.88. The lowest BCUT2D eigenvalue weighted by atomic mass is 9.82. The van der Waals surface area contributed by atoms with Crippen LogP contribution in [0.15, 0.2) is 18.2 Å². The Morgan fingerprint density at radius 2 is 1.85 bits per heavy atom. The first kappa shape index (κ1) is 21.0. The molecule has 150 valence electrons. The van der Waals surface area contributed by atoms with E-state index in [1.807, 2.05) is 6.07 Å². The summed E-state index contributed by atoms with van der Waals surface area (Å²) in [4.78, 5) is 24.5. The Morgan fingerprint density at radius 3 is 2.41 bits per heavy atom. The van der Waals surface area contributed by atoms with Crippen LogP contribution >= 0.6 is 0 Å². The molecule has 2 N–H and O–H groups in total. The Labute approximate surface area is 160 Å². The van der Waals surface area contributed by atoms with E-state index in [0.717, 1.165) is 5.56 Å². The van der Waals surface area contributed by atoms with E-state index in [9.17, 15) is 14.7 Å². The molecule has 7 nitrogen and oxygen atoms in total. The second-order valence-electron chi connectivity index (χ2n) is 7.30. The largest absolute Gasteiger partial charge is 0.493 e. The Bertz CT molecular complexity index is 666. The lowest BCUT2D eigenvalue weighted by Gasteiger charge is -2.30. The molecule has 1 aromatic carbocycles. The summed E-state index contributed by atoms with van der Waals surface area (Å²) in [5.74, 6) is -0.580. The third-order valence-electron chi connectivity index (χ3n) is 5.31. The predicted molar refractivity (Wildman–Crippen MR) is 100 cm³/mol. The Balaban J connectivity index is 2.09. The van der Waals surface area contributed by atoms with E-state index in [1.54, 1.807) is 40.2 Å². The molecular weight excluding hydrogens is 350 g/mol. The van der Waals surface area contributed by atoms with Gasteiger partial charge in [-0.25, -0.2) is 0 Å². The maximum absolute atomic E-state index is 12.8. The number of hydrogen-bond donors (Lipinski definition) is 2. The van der Waals surface area contributed by atoms with Crippen LogP contribution in [-0.2, 0) is 19.7 Å². The molecule has 7 heteroatoms. The van der Waals surface area contributed by atoms with Gasteiger partial charge in [0.15, 0.2) is 11.5 Å². The number of ether oxygens (including phenoxy) is 3. The molecule has 0 saturated carbocycles. The minimum Gasteiger partial charge on any atom is -0.493 e. The number of carbonyl (C=O) groups excluding carboxylic acids is 1. The Hall–Kier alpha value is -2.28. The minimum atomic E-state index is -0.883. The summed E-state index contributed by atoms with van der Waals surface area (Å²) in [5.41, 5.74) is -0.0891. The molecule has 1 atom stereocenters. The van der Waals surface area contributed by atoms with Crippen molar-refractivity contribution in [2.75, 3.05) is 34.0 Å². The molecule has 1 heterocycles. The molecular formula is C20H29NO6. The van der Waals surface area contributed by atoms with E-state index < -0.39 is 17.3 Å². The molecule has 1 unspecified atom stereocenters. The molecule has 1 amide bonds. The zero-order chi connectivity index (χ0) is 20.0. The van der Waals surface area contributed by atoms with Gasteiger partial charge in [-0.1, -0.05) is 6.07 Å². The van der Waals surface area contributed by atoms with Gasteiger partial charge in [-0.05, 0) is 50.3 Å². The van der Waals surface area contributed by atoms with Crippen molar-refractivity contribution in [3.8, 4) is 11.5 Å². The molecule has 1 aliphatic rings. The highest BCUT2D eigenvalue weighted by atomic mass is 16.5.